The van der Waals surface area contributed by atoms with Crippen molar-refractivity contribution in [1.82, 2.24) is 9.97 Å². The van der Waals surface area contributed by atoms with Crippen LogP contribution in [0.1, 0.15) is 0 Å². The van der Waals surface area contributed by atoms with Crippen molar-refractivity contribution >= 4 is 72.0 Å². The van der Waals surface area contributed by atoms with Gasteiger partial charge in [-0.25, -0.2) is 18.4 Å². The Morgan fingerprint density at radius 3 is 2.81 bits per heavy atom. The average Bonchev–Trinajstić information content (AvgIpc) is 3.03. The maximum atomic E-state index is 12.2. The van der Waals surface area contributed by atoms with E-state index in [-0.39, 0.29) is 8.68 Å². The molecule has 0 aliphatic carbocycles. The Bertz CT molecular complexity index is 903. The Labute approximate surface area is 138 Å². The number of fused-ring (bicyclic) bond motifs is 1. The Kier molecular flexibility index (Phi) is 4.10. The standard InChI is InChI=1S/C11H8ClN3O2S4/c1-18-11-14-7-3-2-6(4-8(7)19-11)15-21(16,17)9-5-13-10(12)20-9/h2-5,15H,1H3. The molecule has 1 aromatic carbocycles. The molecule has 0 unspecified atom stereocenters. The zero-order chi connectivity index (χ0) is 15.0. The predicted octanol–water partition coefficient (Wildman–Crippen LogP) is 3.93. The van der Waals surface area contributed by atoms with Gasteiger partial charge in [-0.05, 0) is 24.5 Å². The Hall–Kier alpha value is -0.870. The molecule has 0 fully saturated rings. The monoisotopic (exact) mass is 377 g/mol. The van der Waals surface area contributed by atoms with E-state index in [9.17, 15) is 8.42 Å². The lowest BCUT2D eigenvalue weighted by Crippen LogP contribution is -2.11. The third-order valence-electron chi connectivity index (χ3n) is 2.52. The molecule has 0 aliphatic heterocycles. The number of sulfonamides is 1. The van der Waals surface area contributed by atoms with Gasteiger partial charge in [0.25, 0.3) is 10.0 Å². The molecule has 0 saturated heterocycles. The average molecular weight is 378 g/mol. The SMILES string of the molecule is CSc1nc2ccc(NS(=O)(=O)c3cnc(Cl)s3)cc2s1. The van der Waals surface area contributed by atoms with Gasteiger partial charge in [-0.1, -0.05) is 34.7 Å². The van der Waals surface area contributed by atoms with Crippen LogP contribution in [-0.4, -0.2) is 24.6 Å². The summed E-state index contributed by atoms with van der Waals surface area (Å²) in [6.45, 7) is 0. The molecule has 2 aromatic heterocycles. The summed E-state index contributed by atoms with van der Waals surface area (Å²) in [5, 5.41) is 0. The number of hydrogen-bond donors (Lipinski definition) is 1. The lowest BCUT2D eigenvalue weighted by Gasteiger charge is -2.05. The second kappa shape index (κ2) is 5.73. The van der Waals surface area contributed by atoms with Crippen molar-refractivity contribution < 1.29 is 8.42 Å². The molecule has 21 heavy (non-hydrogen) atoms. The number of thiazole rings is 2. The van der Waals surface area contributed by atoms with Gasteiger partial charge in [0.2, 0.25) is 0 Å². The summed E-state index contributed by atoms with van der Waals surface area (Å²) in [6, 6.07) is 5.25. The highest BCUT2D eigenvalue weighted by molar-refractivity contribution is 8.00. The van der Waals surface area contributed by atoms with E-state index < -0.39 is 10.0 Å². The van der Waals surface area contributed by atoms with Crippen molar-refractivity contribution in [3.05, 3.63) is 28.9 Å². The fraction of sp³-hybridized carbons (Fsp3) is 0.0909. The molecule has 5 nitrogen and oxygen atoms in total. The number of halogens is 1. The van der Waals surface area contributed by atoms with Crippen molar-refractivity contribution in [1.29, 1.82) is 0 Å². The molecule has 2 heterocycles. The smallest absolute Gasteiger partial charge is 0.273 e. The highest BCUT2D eigenvalue weighted by atomic mass is 35.5. The van der Waals surface area contributed by atoms with E-state index in [1.165, 1.54) is 17.5 Å². The van der Waals surface area contributed by atoms with Gasteiger partial charge in [-0.3, -0.25) is 4.72 Å². The fourth-order valence-corrected chi connectivity index (χ4v) is 5.49. The molecule has 110 valence electrons. The Balaban J connectivity index is 1.94. The number of hydrogen-bond acceptors (Lipinski definition) is 7. The maximum Gasteiger partial charge on any atom is 0.273 e. The number of nitrogens with one attached hydrogen (secondary N) is 1. The third-order valence-corrected chi connectivity index (χ3v) is 7.48. The minimum atomic E-state index is -3.66. The second-order valence-electron chi connectivity index (χ2n) is 3.90. The normalized spacial score (nSPS) is 11.9. The number of thioether (sulfide) groups is 1. The van der Waals surface area contributed by atoms with Crippen molar-refractivity contribution in [3.8, 4) is 0 Å². The number of anilines is 1. The van der Waals surface area contributed by atoms with Crippen LogP contribution in [0.25, 0.3) is 10.2 Å². The first-order valence-corrected chi connectivity index (χ1v) is 10.3. The van der Waals surface area contributed by atoms with E-state index in [4.69, 9.17) is 11.6 Å². The summed E-state index contributed by atoms with van der Waals surface area (Å²) >= 11 is 9.67. The molecular weight excluding hydrogens is 370 g/mol. The van der Waals surface area contributed by atoms with E-state index in [1.54, 1.807) is 30.0 Å². The minimum Gasteiger partial charge on any atom is -0.279 e. The van der Waals surface area contributed by atoms with E-state index in [0.717, 1.165) is 25.9 Å². The topological polar surface area (TPSA) is 72.0 Å². The van der Waals surface area contributed by atoms with Gasteiger partial charge >= 0.3 is 0 Å². The van der Waals surface area contributed by atoms with E-state index in [0.29, 0.717) is 5.69 Å². The fourth-order valence-electron chi connectivity index (χ4n) is 1.62. The summed E-state index contributed by atoms with van der Waals surface area (Å²) in [7, 11) is -3.66. The van der Waals surface area contributed by atoms with Crippen LogP contribution in [0.3, 0.4) is 0 Å². The summed E-state index contributed by atoms with van der Waals surface area (Å²) < 4.78 is 29.1. The summed E-state index contributed by atoms with van der Waals surface area (Å²) in [5.74, 6) is 0. The van der Waals surface area contributed by atoms with Gasteiger partial charge in [-0.15, -0.1) is 11.3 Å². The number of rotatable bonds is 4. The molecule has 3 rings (SSSR count). The summed E-state index contributed by atoms with van der Waals surface area (Å²) in [4.78, 5) is 8.15. The lowest BCUT2D eigenvalue weighted by atomic mass is 10.3. The first-order valence-electron chi connectivity index (χ1n) is 5.57. The van der Waals surface area contributed by atoms with Crippen LogP contribution in [0.2, 0.25) is 4.47 Å². The molecule has 0 amide bonds. The molecule has 3 aromatic rings. The summed E-state index contributed by atoms with van der Waals surface area (Å²) in [6.07, 6.45) is 3.20. The largest absolute Gasteiger partial charge is 0.279 e. The molecule has 0 saturated carbocycles. The molecule has 0 spiro atoms. The quantitative estimate of drug-likeness (QED) is 0.697. The van der Waals surface area contributed by atoms with E-state index in [1.807, 2.05) is 6.26 Å². The van der Waals surface area contributed by atoms with Crippen LogP contribution in [0.4, 0.5) is 5.69 Å². The van der Waals surface area contributed by atoms with Gasteiger partial charge in [0.15, 0.2) is 13.0 Å². The van der Waals surface area contributed by atoms with Crippen LogP contribution < -0.4 is 4.72 Å². The van der Waals surface area contributed by atoms with Crippen LogP contribution in [0.15, 0.2) is 32.9 Å². The maximum absolute atomic E-state index is 12.2. The van der Waals surface area contributed by atoms with Gasteiger partial charge in [0, 0.05) is 0 Å². The molecule has 1 N–H and O–H groups in total. The number of nitrogens with zero attached hydrogens (tertiary/aromatic N) is 2. The Morgan fingerprint density at radius 2 is 2.14 bits per heavy atom. The van der Waals surface area contributed by atoms with E-state index >= 15 is 0 Å². The first-order chi connectivity index (χ1) is 9.98. The van der Waals surface area contributed by atoms with Crippen LogP contribution in [0, 0.1) is 0 Å². The zero-order valence-electron chi connectivity index (χ0n) is 10.5. The van der Waals surface area contributed by atoms with Crippen molar-refractivity contribution in [2.45, 2.75) is 8.55 Å². The van der Waals surface area contributed by atoms with E-state index in [2.05, 4.69) is 14.7 Å². The second-order valence-corrected chi connectivity index (χ2v) is 9.51. The Morgan fingerprint density at radius 1 is 1.33 bits per heavy atom. The lowest BCUT2D eigenvalue weighted by molar-refractivity contribution is 0.603. The van der Waals surface area contributed by atoms with Crippen molar-refractivity contribution in [3.63, 3.8) is 0 Å². The van der Waals surface area contributed by atoms with Crippen LogP contribution in [-0.2, 0) is 10.0 Å². The third kappa shape index (κ3) is 3.16. The summed E-state index contributed by atoms with van der Waals surface area (Å²) in [5.41, 5.74) is 1.34. The molecule has 10 heteroatoms. The van der Waals surface area contributed by atoms with Gasteiger partial charge < -0.3 is 0 Å². The highest BCUT2D eigenvalue weighted by Gasteiger charge is 2.18. The van der Waals surface area contributed by atoms with Crippen LogP contribution in [0.5, 0.6) is 0 Å². The van der Waals surface area contributed by atoms with Crippen LogP contribution >= 0.6 is 46.0 Å². The number of benzene rings is 1. The first kappa shape index (κ1) is 15.0. The number of aromatic nitrogens is 2. The predicted molar refractivity (Wildman–Crippen MR) is 89.3 cm³/mol. The molecule has 0 bridgehead atoms. The van der Waals surface area contributed by atoms with Crippen molar-refractivity contribution in [2.75, 3.05) is 11.0 Å². The molecule has 0 atom stereocenters. The highest BCUT2D eigenvalue weighted by Crippen LogP contribution is 2.31. The molecule has 0 radical (unpaired) electrons. The van der Waals surface area contributed by atoms with Crippen molar-refractivity contribution in [2.24, 2.45) is 0 Å². The molecule has 0 aliphatic rings. The van der Waals surface area contributed by atoms with Gasteiger partial charge in [-0.2, -0.15) is 0 Å². The van der Waals surface area contributed by atoms with Gasteiger partial charge in [0.05, 0.1) is 22.1 Å². The zero-order valence-corrected chi connectivity index (χ0v) is 14.6. The minimum absolute atomic E-state index is 0.0849. The van der Waals surface area contributed by atoms with Gasteiger partial charge in [0.1, 0.15) is 0 Å². The molecular formula is C11H8ClN3O2S4.